The fourth-order valence-electron chi connectivity index (χ4n) is 9.52. The Morgan fingerprint density at radius 3 is 1.30 bits per heavy atom. The minimum absolute atomic E-state index is 0.0808. The lowest BCUT2D eigenvalue weighted by atomic mass is 9.72. The lowest BCUT2D eigenvalue weighted by Crippen LogP contribution is -2.34. The largest absolute Gasteiger partial charge is 0.379 e. The molecule has 0 aromatic carbocycles. The third-order valence-corrected chi connectivity index (χ3v) is 14.1. The van der Waals surface area contributed by atoms with Crippen molar-refractivity contribution in [3.8, 4) is 0 Å². The van der Waals surface area contributed by atoms with Crippen molar-refractivity contribution in [3.05, 3.63) is 117 Å². The Hall–Kier alpha value is -4.35. The van der Waals surface area contributed by atoms with Gasteiger partial charge in [0.1, 0.15) is 0 Å². The van der Waals surface area contributed by atoms with Gasteiger partial charge < -0.3 is 53.3 Å². The summed E-state index contributed by atoms with van der Waals surface area (Å²) in [6.45, 7) is 33.2. The van der Waals surface area contributed by atoms with Crippen molar-refractivity contribution in [1.29, 1.82) is 0 Å². The lowest BCUT2D eigenvalue weighted by molar-refractivity contribution is -0.128. The van der Waals surface area contributed by atoms with Gasteiger partial charge in [0.25, 0.3) is 0 Å². The van der Waals surface area contributed by atoms with Crippen LogP contribution < -0.4 is 10.6 Å². The van der Waals surface area contributed by atoms with Gasteiger partial charge in [-0.05, 0) is 139 Å². The first-order chi connectivity index (χ1) is 38.9. The predicted molar refractivity (Wildman–Crippen MR) is 328 cm³/mol. The molecule has 0 fully saturated rings. The summed E-state index contributed by atoms with van der Waals surface area (Å²) in [5.41, 5.74) is 10.1. The van der Waals surface area contributed by atoms with E-state index in [-0.39, 0.29) is 34.8 Å². The van der Waals surface area contributed by atoms with Crippen LogP contribution in [-0.2, 0) is 57.0 Å². The first-order valence-corrected chi connectivity index (χ1v) is 30.1. The molecule has 1 atom stereocenters. The molecule has 0 bridgehead atoms. The standard InChI is InChI=1S/C67H108N2O12/c1-12-73-35-36-75-39-40-77-43-44-79-47-48-81-50-49-80-46-45-78-42-41-76-38-37-74-34-33-69-65(72)60(53-61(70)51-56(4)21-15-19-54(2)26-28-62-58(6)23-17-30-66(62,8)9)25-13-14-32-68-64(71)52-57(5)22-16-20-55(3)27-29-63-59(7)24-18-31-67(63,10)11/h15-16,19-22,26-29,51-52,60H,12-14,17-18,23-25,30-50,53H2,1-11H3,(H,68,71)(H,69,72)/b21-15+,22-16+,28-26+,29-27+,54-19+,55-20+,56-51+,57-52+/t60-/m0/s1. The van der Waals surface area contributed by atoms with Crippen LogP contribution in [0.5, 0.6) is 0 Å². The molecule has 2 aliphatic rings. The second-order valence-electron chi connectivity index (χ2n) is 22.4. The van der Waals surface area contributed by atoms with Gasteiger partial charge in [-0.1, -0.05) is 117 Å². The van der Waals surface area contributed by atoms with E-state index >= 15 is 0 Å². The van der Waals surface area contributed by atoms with E-state index in [2.05, 4.69) is 96.4 Å². The predicted octanol–water partition coefficient (Wildman–Crippen LogP) is 12.2. The molecule has 0 saturated carbocycles. The zero-order valence-corrected chi connectivity index (χ0v) is 52.1. The van der Waals surface area contributed by atoms with Crippen LogP contribution in [0.25, 0.3) is 0 Å². The highest BCUT2D eigenvalue weighted by Gasteiger charge is 2.27. The molecule has 458 valence electrons. The summed E-state index contributed by atoms with van der Waals surface area (Å²) in [6.07, 6.45) is 33.1. The molecular formula is C67H108N2O12. The maximum Gasteiger partial charge on any atom is 0.244 e. The van der Waals surface area contributed by atoms with Crippen molar-refractivity contribution in [1.82, 2.24) is 10.6 Å². The van der Waals surface area contributed by atoms with E-state index in [0.717, 1.165) is 35.1 Å². The Labute approximate surface area is 490 Å². The number of ketones is 1. The fraction of sp³-hybridized carbons (Fsp3) is 0.657. The van der Waals surface area contributed by atoms with Crippen LogP contribution in [0, 0.1) is 16.7 Å². The summed E-state index contributed by atoms with van der Waals surface area (Å²) in [4.78, 5) is 39.7. The number of unbranched alkanes of at least 4 members (excludes halogenated alkanes) is 1. The topological polar surface area (TPSA) is 158 Å². The van der Waals surface area contributed by atoms with Crippen molar-refractivity contribution in [2.75, 3.05) is 132 Å². The van der Waals surface area contributed by atoms with Gasteiger partial charge >= 0.3 is 0 Å². The molecule has 0 aromatic rings. The molecule has 0 unspecified atom stereocenters. The minimum Gasteiger partial charge on any atom is -0.379 e. The Kier molecular flexibility index (Phi) is 40.5. The number of rotatable bonds is 46. The molecule has 2 rings (SSSR count). The van der Waals surface area contributed by atoms with E-state index in [0.29, 0.717) is 151 Å². The average Bonchev–Trinajstić information content (AvgIpc) is 3.45. The molecule has 2 N–H and O–H groups in total. The zero-order chi connectivity index (χ0) is 59.4. The molecule has 2 aliphatic carbocycles. The lowest BCUT2D eigenvalue weighted by Gasteiger charge is -2.33. The van der Waals surface area contributed by atoms with Gasteiger partial charge in [0.05, 0.1) is 112 Å². The third-order valence-electron chi connectivity index (χ3n) is 14.1. The highest BCUT2D eigenvalue weighted by molar-refractivity contribution is 5.94. The van der Waals surface area contributed by atoms with Crippen molar-refractivity contribution in [2.24, 2.45) is 16.7 Å². The van der Waals surface area contributed by atoms with Gasteiger partial charge in [0.2, 0.25) is 11.8 Å². The van der Waals surface area contributed by atoms with Gasteiger partial charge in [-0.15, -0.1) is 0 Å². The van der Waals surface area contributed by atoms with Crippen molar-refractivity contribution < 1.29 is 57.0 Å². The second kappa shape index (κ2) is 45.1. The zero-order valence-electron chi connectivity index (χ0n) is 52.1. The molecule has 0 aliphatic heterocycles. The average molecular weight is 1130 g/mol. The van der Waals surface area contributed by atoms with Crippen LogP contribution in [0.15, 0.2) is 117 Å². The fourth-order valence-corrected chi connectivity index (χ4v) is 9.52. The van der Waals surface area contributed by atoms with Gasteiger partial charge in [-0.25, -0.2) is 0 Å². The molecule has 2 amide bonds. The van der Waals surface area contributed by atoms with E-state index in [9.17, 15) is 14.4 Å². The Morgan fingerprint density at radius 2 is 0.889 bits per heavy atom. The third kappa shape index (κ3) is 36.8. The van der Waals surface area contributed by atoms with E-state index < -0.39 is 5.92 Å². The van der Waals surface area contributed by atoms with Gasteiger partial charge in [0, 0.05) is 38.1 Å². The van der Waals surface area contributed by atoms with Crippen LogP contribution in [0.2, 0.25) is 0 Å². The van der Waals surface area contributed by atoms with Crippen LogP contribution in [0.3, 0.4) is 0 Å². The van der Waals surface area contributed by atoms with Crippen molar-refractivity contribution in [2.45, 2.75) is 140 Å². The van der Waals surface area contributed by atoms with Crippen molar-refractivity contribution in [3.63, 3.8) is 0 Å². The normalized spacial score (nSPS) is 17.0. The summed E-state index contributed by atoms with van der Waals surface area (Å²) in [6, 6.07) is 0. The maximum atomic E-state index is 13.5. The smallest absolute Gasteiger partial charge is 0.244 e. The quantitative estimate of drug-likeness (QED) is 0.0338. The van der Waals surface area contributed by atoms with Crippen LogP contribution in [-0.4, -0.2) is 150 Å². The Morgan fingerprint density at radius 1 is 0.494 bits per heavy atom. The summed E-state index contributed by atoms with van der Waals surface area (Å²) >= 11 is 0. The minimum atomic E-state index is -0.527. The van der Waals surface area contributed by atoms with Crippen LogP contribution in [0.1, 0.15) is 140 Å². The number of hydrogen-bond donors (Lipinski definition) is 2. The highest BCUT2D eigenvalue weighted by atomic mass is 16.6. The second-order valence-corrected chi connectivity index (χ2v) is 22.4. The molecule has 14 nitrogen and oxygen atoms in total. The van der Waals surface area contributed by atoms with Gasteiger partial charge in [0.15, 0.2) is 5.78 Å². The summed E-state index contributed by atoms with van der Waals surface area (Å²) in [5, 5.41) is 5.95. The van der Waals surface area contributed by atoms with Gasteiger partial charge in [-0.3, -0.25) is 14.4 Å². The highest BCUT2D eigenvalue weighted by Crippen LogP contribution is 2.42. The van der Waals surface area contributed by atoms with Gasteiger partial charge in [-0.2, -0.15) is 0 Å². The Balaban J connectivity index is 1.74. The molecular weight excluding hydrogens is 1020 g/mol. The van der Waals surface area contributed by atoms with Crippen LogP contribution in [0.4, 0.5) is 0 Å². The number of nitrogens with one attached hydrogen (secondary N) is 2. The summed E-state index contributed by atoms with van der Waals surface area (Å²) in [7, 11) is 0. The first kappa shape index (κ1) is 72.8. The molecule has 0 radical (unpaired) electrons. The maximum absolute atomic E-state index is 13.5. The molecule has 0 spiro atoms. The number of hydrogen-bond acceptors (Lipinski definition) is 12. The Bertz CT molecular complexity index is 2120. The molecule has 14 heteroatoms. The monoisotopic (exact) mass is 1130 g/mol. The molecule has 0 aromatic heterocycles. The molecule has 0 saturated heterocycles. The summed E-state index contributed by atoms with van der Waals surface area (Å²) < 4.78 is 49.6. The number of amides is 2. The van der Waals surface area contributed by atoms with E-state index in [4.69, 9.17) is 42.6 Å². The number of allylic oxidation sites excluding steroid dienone is 19. The molecule has 0 heterocycles. The van der Waals surface area contributed by atoms with E-state index in [1.54, 1.807) is 12.2 Å². The first-order valence-electron chi connectivity index (χ1n) is 30.1. The van der Waals surface area contributed by atoms with E-state index in [1.807, 2.05) is 51.2 Å². The SMILES string of the molecule is CCOCCOCCOCCOCCOCCOCCOCCOCCOCCNC(=O)[C@@H](CCCCNC(=O)/C=C(C)/C=C/C=C(C)/C=C/C1=C(C)CCCC1(C)C)CC(=O)/C=C(C)/C=C/C=C(C)/C=C/C1=C(C)CCCC1(C)C. The number of ether oxygens (including phenoxy) is 9. The van der Waals surface area contributed by atoms with Crippen molar-refractivity contribution >= 4 is 17.6 Å². The number of carbonyl (C=O) groups excluding carboxylic acids is 3. The van der Waals surface area contributed by atoms with E-state index in [1.165, 1.54) is 48.0 Å². The van der Waals surface area contributed by atoms with Crippen LogP contribution >= 0.6 is 0 Å². The number of carbonyl (C=O) groups is 3. The molecule has 81 heavy (non-hydrogen) atoms. The summed E-state index contributed by atoms with van der Waals surface area (Å²) in [5.74, 6) is -0.993.